The highest BCUT2D eigenvalue weighted by atomic mass is 19.1. The van der Waals surface area contributed by atoms with Crippen LogP contribution in [0.5, 0.6) is 5.75 Å². The highest BCUT2D eigenvalue weighted by Gasteiger charge is 2.15. The van der Waals surface area contributed by atoms with Crippen molar-refractivity contribution < 1.29 is 28.2 Å². The predicted molar refractivity (Wildman–Crippen MR) is 70.3 cm³/mol. The monoisotopic (exact) mass is 298 g/mol. The van der Waals surface area contributed by atoms with Crippen LogP contribution in [-0.2, 0) is 14.3 Å². The molecule has 0 aromatic heterocycles. The molecule has 2 amide bonds. The van der Waals surface area contributed by atoms with Crippen LogP contribution in [0, 0.1) is 5.82 Å². The van der Waals surface area contributed by atoms with E-state index in [0.29, 0.717) is 0 Å². The van der Waals surface area contributed by atoms with Crippen LogP contribution < -0.4 is 15.4 Å². The third-order valence-corrected chi connectivity index (χ3v) is 2.46. The lowest BCUT2D eigenvalue weighted by Crippen LogP contribution is -2.37. The zero-order valence-electron chi connectivity index (χ0n) is 11.6. The molecule has 1 rings (SSSR count). The number of esters is 1. The number of likely N-dealkylation sites (N-methyl/N-ethyl adjacent to an activating group) is 1. The second-order valence-corrected chi connectivity index (χ2v) is 3.87. The van der Waals surface area contributed by atoms with Gasteiger partial charge in [0.05, 0.1) is 19.2 Å². The van der Waals surface area contributed by atoms with Crippen molar-refractivity contribution >= 4 is 17.8 Å². The van der Waals surface area contributed by atoms with Gasteiger partial charge >= 0.3 is 5.97 Å². The first-order chi connectivity index (χ1) is 9.97. The number of halogens is 1. The van der Waals surface area contributed by atoms with Crippen LogP contribution >= 0.6 is 0 Å². The van der Waals surface area contributed by atoms with Crippen LogP contribution in [0.25, 0.3) is 0 Å². The molecule has 0 heterocycles. The highest BCUT2D eigenvalue weighted by Crippen LogP contribution is 2.16. The molecule has 0 unspecified atom stereocenters. The zero-order chi connectivity index (χ0) is 15.8. The molecule has 2 N–H and O–H groups in total. The molecular formula is C13H15FN2O5. The number of methoxy groups -OCH3 is 1. The van der Waals surface area contributed by atoms with Crippen molar-refractivity contribution in [1.29, 1.82) is 0 Å². The van der Waals surface area contributed by atoms with E-state index >= 15 is 0 Å². The van der Waals surface area contributed by atoms with E-state index in [4.69, 9.17) is 4.74 Å². The molecule has 8 heteroatoms. The summed E-state index contributed by atoms with van der Waals surface area (Å²) >= 11 is 0. The van der Waals surface area contributed by atoms with E-state index in [1.54, 1.807) is 0 Å². The maximum absolute atomic E-state index is 13.6. The van der Waals surface area contributed by atoms with E-state index in [2.05, 4.69) is 15.4 Å². The summed E-state index contributed by atoms with van der Waals surface area (Å²) in [6.07, 6.45) is 0. The molecule has 0 aliphatic heterocycles. The molecule has 7 nitrogen and oxygen atoms in total. The summed E-state index contributed by atoms with van der Waals surface area (Å²) in [6, 6.07) is 3.62. The molecule has 0 saturated heterocycles. The first kappa shape index (κ1) is 16.4. The van der Waals surface area contributed by atoms with Crippen LogP contribution in [0.3, 0.4) is 0 Å². The summed E-state index contributed by atoms with van der Waals surface area (Å²) in [5.41, 5.74) is -0.310. The summed E-state index contributed by atoms with van der Waals surface area (Å²) in [6.45, 7) is -0.842. The quantitative estimate of drug-likeness (QED) is 0.713. The maximum atomic E-state index is 13.6. The van der Waals surface area contributed by atoms with Gasteiger partial charge in [0.2, 0.25) is 5.91 Å². The van der Waals surface area contributed by atoms with E-state index in [-0.39, 0.29) is 17.9 Å². The van der Waals surface area contributed by atoms with Crippen molar-refractivity contribution in [2.75, 3.05) is 27.3 Å². The Labute approximate surface area is 120 Å². The van der Waals surface area contributed by atoms with Gasteiger partial charge in [0, 0.05) is 13.1 Å². The Morgan fingerprint density at radius 1 is 1.24 bits per heavy atom. The van der Waals surface area contributed by atoms with Crippen LogP contribution in [-0.4, -0.2) is 45.1 Å². The largest absolute Gasteiger partial charge is 0.497 e. The summed E-state index contributed by atoms with van der Waals surface area (Å²) in [5, 5.41) is 4.54. The number of benzene rings is 1. The number of rotatable bonds is 6. The average molecular weight is 298 g/mol. The van der Waals surface area contributed by atoms with Crippen molar-refractivity contribution in [3.05, 3.63) is 29.6 Å². The number of amides is 2. The predicted octanol–water partition coefficient (Wildman–Crippen LogP) is -0.147. The summed E-state index contributed by atoms with van der Waals surface area (Å²) in [5.74, 6) is -2.60. The summed E-state index contributed by atoms with van der Waals surface area (Å²) < 4.78 is 23.0. The lowest BCUT2D eigenvalue weighted by atomic mass is 10.2. The summed E-state index contributed by atoms with van der Waals surface area (Å²) in [4.78, 5) is 33.8. The van der Waals surface area contributed by atoms with Gasteiger partial charge in [0.15, 0.2) is 6.61 Å². The SMILES string of the molecule is CNC(=O)CNC(=O)COC(=O)c1ccc(OC)cc1F. The molecule has 21 heavy (non-hydrogen) atoms. The first-order valence-corrected chi connectivity index (χ1v) is 5.96. The van der Waals surface area contributed by atoms with Gasteiger partial charge in [-0.3, -0.25) is 9.59 Å². The Morgan fingerprint density at radius 2 is 1.95 bits per heavy atom. The van der Waals surface area contributed by atoms with Crippen molar-refractivity contribution in [1.82, 2.24) is 10.6 Å². The van der Waals surface area contributed by atoms with Gasteiger partial charge in [-0.15, -0.1) is 0 Å². The smallest absolute Gasteiger partial charge is 0.341 e. The second-order valence-electron chi connectivity index (χ2n) is 3.87. The standard InChI is InChI=1S/C13H15FN2O5/c1-15-11(17)6-16-12(18)7-21-13(19)9-4-3-8(20-2)5-10(9)14/h3-5H,6-7H2,1-2H3,(H,15,17)(H,16,18). The maximum Gasteiger partial charge on any atom is 0.341 e. The number of hydrogen-bond acceptors (Lipinski definition) is 5. The lowest BCUT2D eigenvalue weighted by molar-refractivity contribution is -0.127. The van der Waals surface area contributed by atoms with E-state index < -0.39 is 30.2 Å². The summed E-state index contributed by atoms with van der Waals surface area (Å²) in [7, 11) is 2.78. The minimum Gasteiger partial charge on any atom is -0.497 e. The molecule has 0 spiro atoms. The van der Waals surface area contributed by atoms with Gasteiger partial charge < -0.3 is 20.1 Å². The van der Waals surface area contributed by atoms with E-state index in [1.165, 1.54) is 26.3 Å². The molecule has 114 valence electrons. The van der Waals surface area contributed by atoms with Gasteiger partial charge in [0.25, 0.3) is 5.91 Å². The van der Waals surface area contributed by atoms with Crippen molar-refractivity contribution in [3.8, 4) is 5.75 Å². The molecule has 0 fully saturated rings. The van der Waals surface area contributed by atoms with Gasteiger partial charge in [-0.1, -0.05) is 0 Å². The fourth-order valence-electron chi connectivity index (χ4n) is 1.32. The fourth-order valence-corrected chi connectivity index (χ4v) is 1.32. The van der Waals surface area contributed by atoms with Crippen molar-refractivity contribution in [2.45, 2.75) is 0 Å². The van der Waals surface area contributed by atoms with Crippen molar-refractivity contribution in [3.63, 3.8) is 0 Å². The lowest BCUT2D eigenvalue weighted by Gasteiger charge is -2.07. The highest BCUT2D eigenvalue weighted by molar-refractivity contribution is 5.92. The van der Waals surface area contributed by atoms with E-state index in [1.807, 2.05) is 0 Å². The molecule has 1 aromatic carbocycles. The molecule has 1 aromatic rings. The third-order valence-electron chi connectivity index (χ3n) is 2.46. The Hall–Kier alpha value is -2.64. The number of carbonyl (C=O) groups excluding carboxylic acids is 3. The normalized spacial score (nSPS) is 9.67. The Morgan fingerprint density at radius 3 is 2.52 bits per heavy atom. The number of nitrogens with one attached hydrogen (secondary N) is 2. The molecule has 0 atom stereocenters. The van der Waals surface area contributed by atoms with Gasteiger partial charge in [-0.2, -0.15) is 0 Å². The van der Waals surface area contributed by atoms with Crippen LogP contribution in [0.1, 0.15) is 10.4 Å². The van der Waals surface area contributed by atoms with Gasteiger partial charge in [0.1, 0.15) is 11.6 Å². The van der Waals surface area contributed by atoms with E-state index in [9.17, 15) is 18.8 Å². The Kier molecular flexibility index (Phi) is 6.12. The molecular weight excluding hydrogens is 283 g/mol. The minimum atomic E-state index is -0.981. The molecule has 0 aliphatic rings. The number of hydrogen-bond donors (Lipinski definition) is 2. The van der Waals surface area contributed by atoms with Crippen LogP contribution in [0.4, 0.5) is 4.39 Å². The minimum absolute atomic E-state index is 0.232. The molecule has 0 radical (unpaired) electrons. The van der Waals surface area contributed by atoms with E-state index in [0.717, 1.165) is 6.07 Å². The second kappa shape index (κ2) is 7.83. The van der Waals surface area contributed by atoms with Gasteiger partial charge in [-0.05, 0) is 12.1 Å². The zero-order valence-corrected chi connectivity index (χ0v) is 11.6. The van der Waals surface area contributed by atoms with Crippen LogP contribution in [0.15, 0.2) is 18.2 Å². The fraction of sp³-hybridized carbons (Fsp3) is 0.308. The van der Waals surface area contributed by atoms with Crippen LogP contribution in [0.2, 0.25) is 0 Å². The molecule has 0 aliphatic carbocycles. The molecule has 0 saturated carbocycles. The third kappa shape index (κ3) is 5.09. The van der Waals surface area contributed by atoms with Crippen molar-refractivity contribution in [2.24, 2.45) is 0 Å². The topological polar surface area (TPSA) is 93.7 Å². The first-order valence-electron chi connectivity index (χ1n) is 5.96. The molecule has 0 bridgehead atoms. The Balaban J connectivity index is 2.50. The number of ether oxygens (including phenoxy) is 2. The average Bonchev–Trinajstić information content (AvgIpc) is 2.49. The number of carbonyl (C=O) groups is 3. The Bertz CT molecular complexity index is 547. The van der Waals surface area contributed by atoms with Gasteiger partial charge in [-0.25, -0.2) is 9.18 Å².